The fraction of sp³-hybridized carbons (Fsp3) is 0.771. The zero-order chi connectivity index (χ0) is 26.4. The van der Waals surface area contributed by atoms with Crippen LogP contribution in [0.15, 0.2) is 24.3 Å². The van der Waals surface area contributed by atoms with E-state index in [1.165, 1.54) is 57.8 Å². The van der Waals surface area contributed by atoms with Gasteiger partial charge in [0, 0.05) is 10.6 Å². The maximum Gasteiger partial charge on any atom is 0.126 e. The Kier molecular flexibility index (Phi) is 7.86. The fourth-order valence-electron chi connectivity index (χ4n) is 10.1. The van der Waals surface area contributed by atoms with Crippen molar-refractivity contribution in [3.05, 3.63) is 34.9 Å². The molecule has 204 valence electrons. The van der Waals surface area contributed by atoms with Gasteiger partial charge in [0.25, 0.3) is 0 Å². The average Bonchev–Trinajstić information content (AvgIpc) is 3.21. The van der Waals surface area contributed by atoms with Gasteiger partial charge in [-0.05, 0) is 134 Å². The second-order valence-corrected chi connectivity index (χ2v) is 15.1. The second kappa shape index (κ2) is 10.5. The zero-order valence-electron chi connectivity index (χ0n) is 24.2. The lowest BCUT2D eigenvalue weighted by atomic mass is 9.43. The van der Waals surface area contributed by atoms with Crippen molar-refractivity contribution >= 4 is 11.6 Å². The van der Waals surface area contributed by atoms with Crippen molar-refractivity contribution in [2.75, 3.05) is 0 Å². The lowest BCUT2D eigenvalue weighted by molar-refractivity contribution is -0.140. The summed E-state index contributed by atoms with van der Waals surface area (Å²) < 4.78 is 0. The highest BCUT2D eigenvalue weighted by Crippen LogP contribution is 2.68. The molecule has 0 aliphatic heterocycles. The van der Waals surface area contributed by atoms with Crippen molar-refractivity contribution in [3.63, 3.8) is 0 Å². The molecule has 0 radical (unpaired) electrons. The summed E-state index contributed by atoms with van der Waals surface area (Å²) in [5.74, 6) is 12.5. The van der Waals surface area contributed by atoms with E-state index in [-0.39, 0.29) is 0 Å². The third-order valence-electron chi connectivity index (χ3n) is 12.2. The lowest BCUT2D eigenvalue weighted by Gasteiger charge is -2.62. The van der Waals surface area contributed by atoms with Crippen LogP contribution in [0.4, 0.5) is 0 Å². The molecule has 0 unspecified atom stereocenters. The first-order valence-corrected chi connectivity index (χ1v) is 15.9. The van der Waals surface area contributed by atoms with Gasteiger partial charge in [-0.2, -0.15) is 0 Å². The first-order chi connectivity index (χ1) is 17.5. The molecule has 4 aliphatic carbocycles. The van der Waals surface area contributed by atoms with Crippen molar-refractivity contribution in [3.8, 4) is 11.8 Å². The van der Waals surface area contributed by atoms with Crippen molar-refractivity contribution in [2.45, 2.75) is 117 Å². The molecule has 0 heterocycles. The summed E-state index contributed by atoms with van der Waals surface area (Å²) in [6.07, 6.45) is 15.5. The van der Waals surface area contributed by atoms with E-state index in [4.69, 9.17) is 11.6 Å². The molecule has 0 bridgehead atoms. The van der Waals surface area contributed by atoms with Crippen LogP contribution in [0.5, 0.6) is 0 Å². The van der Waals surface area contributed by atoms with Crippen molar-refractivity contribution < 1.29 is 5.11 Å². The monoisotopic (exact) mass is 522 g/mol. The molecule has 2 heteroatoms. The van der Waals surface area contributed by atoms with Gasteiger partial charge >= 0.3 is 0 Å². The second-order valence-electron chi connectivity index (χ2n) is 14.7. The Labute approximate surface area is 232 Å². The number of fused-ring (bicyclic) bond motifs is 5. The van der Waals surface area contributed by atoms with E-state index >= 15 is 0 Å². The number of hydrogen-bond acceptors (Lipinski definition) is 1. The van der Waals surface area contributed by atoms with Crippen molar-refractivity contribution in [2.24, 2.45) is 52.3 Å². The Morgan fingerprint density at radius 3 is 2.35 bits per heavy atom. The van der Waals surface area contributed by atoms with Crippen molar-refractivity contribution in [1.82, 2.24) is 0 Å². The molecule has 1 N–H and O–H groups in total. The molecule has 1 aromatic carbocycles. The van der Waals surface area contributed by atoms with Crippen LogP contribution in [0.1, 0.15) is 117 Å². The van der Waals surface area contributed by atoms with E-state index in [1.54, 1.807) is 0 Å². The summed E-state index contributed by atoms with van der Waals surface area (Å²) in [5, 5.41) is 12.3. The Morgan fingerprint density at radius 2 is 1.62 bits per heavy atom. The molecule has 0 spiro atoms. The Hall–Kier alpha value is -0.970. The Balaban J connectivity index is 1.26. The first-order valence-electron chi connectivity index (χ1n) is 15.6. The van der Waals surface area contributed by atoms with Crippen LogP contribution < -0.4 is 0 Å². The summed E-state index contributed by atoms with van der Waals surface area (Å²) in [6, 6.07) is 7.67. The SMILES string of the molecule is CC(C)CCC[C@H](C)[C@@H]1CC[C@H]2[C@H]3CC[C@H]4C[C@](O)(C#Cc5ccc(Cl)cc5)CC[C@]4(C)[C@@H]3CC[C@@]21C. The van der Waals surface area contributed by atoms with Gasteiger partial charge in [-0.3, -0.25) is 0 Å². The molecular weight excluding hydrogens is 472 g/mol. The number of benzene rings is 1. The van der Waals surface area contributed by atoms with Crippen LogP contribution in [0.25, 0.3) is 0 Å². The minimum Gasteiger partial charge on any atom is -0.378 e. The van der Waals surface area contributed by atoms with Gasteiger partial charge in [0.2, 0.25) is 0 Å². The van der Waals surface area contributed by atoms with Gasteiger partial charge in [0.15, 0.2) is 0 Å². The molecule has 0 amide bonds. The van der Waals surface area contributed by atoms with E-state index in [1.807, 2.05) is 24.3 Å². The predicted molar refractivity (Wildman–Crippen MR) is 156 cm³/mol. The number of aliphatic hydroxyl groups is 1. The van der Waals surface area contributed by atoms with E-state index in [0.29, 0.717) is 16.7 Å². The van der Waals surface area contributed by atoms with Crippen LogP contribution >= 0.6 is 11.6 Å². The summed E-state index contributed by atoms with van der Waals surface area (Å²) in [5.41, 5.74) is 1.03. The number of rotatable bonds is 5. The normalized spacial score (nSPS) is 41.8. The van der Waals surface area contributed by atoms with Gasteiger partial charge < -0.3 is 5.11 Å². The molecule has 4 fully saturated rings. The van der Waals surface area contributed by atoms with Crippen LogP contribution in [-0.2, 0) is 0 Å². The molecule has 0 saturated heterocycles. The number of halogens is 1. The van der Waals surface area contributed by atoms with Gasteiger partial charge in [-0.15, -0.1) is 0 Å². The molecule has 1 aromatic rings. The molecule has 0 aromatic heterocycles. The van der Waals surface area contributed by atoms with Crippen LogP contribution in [-0.4, -0.2) is 10.7 Å². The van der Waals surface area contributed by atoms with Gasteiger partial charge in [0.1, 0.15) is 5.60 Å². The maximum atomic E-state index is 11.5. The standard InChI is InChI=1S/C35H51ClO/c1-24(2)7-6-8-25(3)30-15-16-31-29-14-11-27-23-35(37,20-17-26-9-12-28(36)13-10-26)22-21-33(27,4)32(29)18-19-34(30,31)5/h9-10,12-13,24-25,27,29-32,37H,6-8,11,14-16,18-19,21-23H2,1-5H3/t25-,27-,29+,30-,31-,32+,33-,34+,35-/m0/s1. The maximum absolute atomic E-state index is 11.5. The van der Waals surface area contributed by atoms with E-state index in [0.717, 1.165) is 65.4 Å². The third kappa shape index (κ3) is 5.29. The molecule has 37 heavy (non-hydrogen) atoms. The quantitative estimate of drug-likeness (QED) is 0.381. The minimum absolute atomic E-state index is 0.374. The van der Waals surface area contributed by atoms with Crippen LogP contribution in [0.2, 0.25) is 5.02 Å². The van der Waals surface area contributed by atoms with E-state index < -0.39 is 5.60 Å². The molecular formula is C35H51ClO. The first kappa shape index (κ1) is 27.6. The molecule has 4 aliphatic rings. The lowest BCUT2D eigenvalue weighted by Crippen LogP contribution is -2.55. The highest BCUT2D eigenvalue weighted by atomic mass is 35.5. The van der Waals surface area contributed by atoms with Gasteiger partial charge in [-0.1, -0.05) is 77.3 Å². The topological polar surface area (TPSA) is 20.2 Å². The van der Waals surface area contributed by atoms with Crippen LogP contribution in [0.3, 0.4) is 0 Å². The Bertz CT molecular complexity index is 1000. The summed E-state index contributed by atoms with van der Waals surface area (Å²) in [7, 11) is 0. The zero-order valence-corrected chi connectivity index (χ0v) is 24.9. The molecule has 4 saturated carbocycles. The summed E-state index contributed by atoms with van der Waals surface area (Å²) >= 11 is 6.03. The fourth-order valence-corrected chi connectivity index (χ4v) is 10.2. The van der Waals surface area contributed by atoms with E-state index in [2.05, 4.69) is 46.5 Å². The largest absolute Gasteiger partial charge is 0.378 e. The predicted octanol–water partition coefficient (Wildman–Crippen LogP) is 9.54. The van der Waals surface area contributed by atoms with Gasteiger partial charge in [-0.25, -0.2) is 0 Å². The third-order valence-corrected chi connectivity index (χ3v) is 12.5. The molecule has 5 rings (SSSR count). The smallest absolute Gasteiger partial charge is 0.126 e. The van der Waals surface area contributed by atoms with E-state index in [9.17, 15) is 5.11 Å². The summed E-state index contributed by atoms with van der Waals surface area (Å²) in [4.78, 5) is 0. The molecule has 1 nitrogen and oxygen atoms in total. The average molecular weight is 523 g/mol. The van der Waals surface area contributed by atoms with Gasteiger partial charge in [0.05, 0.1) is 0 Å². The highest BCUT2D eigenvalue weighted by molar-refractivity contribution is 6.30. The highest BCUT2D eigenvalue weighted by Gasteiger charge is 2.61. The van der Waals surface area contributed by atoms with Crippen molar-refractivity contribution in [1.29, 1.82) is 0 Å². The Morgan fingerprint density at radius 1 is 0.892 bits per heavy atom. The molecule has 9 atom stereocenters. The summed E-state index contributed by atoms with van der Waals surface area (Å²) in [6.45, 7) is 12.6. The number of hydrogen-bond donors (Lipinski definition) is 1. The minimum atomic E-state index is -0.844. The van der Waals surface area contributed by atoms with Crippen LogP contribution in [0, 0.1) is 64.1 Å².